The first-order valence-corrected chi connectivity index (χ1v) is 7.86. The van der Waals surface area contributed by atoms with Crippen LogP contribution in [0.15, 0.2) is 48.5 Å². The van der Waals surface area contributed by atoms with Gasteiger partial charge in [-0.15, -0.1) is 0 Å². The van der Waals surface area contributed by atoms with Gasteiger partial charge in [0.15, 0.2) is 0 Å². The first kappa shape index (κ1) is 14.2. The lowest BCUT2D eigenvalue weighted by Crippen LogP contribution is -2.18. The first-order valence-electron chi connectivity index (χ1n) is 7.86. The van der Waals surface area contributed by atoms with Crippen LogP contribution in [-0.2, 0) is 5.41 Å². The minimum Gasteiger partial charge on any atom is -0.493 e. The van der Waals surface area contributed by atoms with Gasteiger partial charge in [0.1, 0.15) is 5.75 Å². The van der Waals surface area contributed by atoms with E-state index in [1.165, 1.54) is 29.5 Å². The molecule has 2 aromatic carbocycles. The van der Waals surface area contributed by atoms with Gasteiger partial charge in [-0.1, -0.05) is 55.8 Å². The zero-order valence-corrected chi connectivity index (χ0v) is 13.2. The second-order valence-corrected chi connectivity index (χ2v) is 6.77. The molecule has 1 saturated carbocycles. The Hall–Kier alpha value is -1.76. The van der Waals surface area contributed by atoms with Crippen LogP contribution < -0.4 is 4.74 Å². The van der Waals surface area contributed by atoms with Gasteiger partial charge in [-0.2, -0.15) is 0 Å². The molecule has 1 aliphatic carbocycles. The molecule has 0 aliphatic heterocycles. The fourth-order valence-corrected chi connectivity index (χ4v) is 2.60. The van der Waals surface area contributed by atoms with Crippen LogP contribution in [0.25, 0.3) is 0 Å². The van der Waals surface area contributed by atoms with E-state index >= 15 is 0 Å². The summed E-state index contributed by atoms with van der Waals surface area (Å²) in [4.78, 5) is 0. The van der Waals surface area contributed by atoms with Gasteiger partial charge in [0.2, 0.25) is 0 Å². The Balaban J connectivity index is 1.76. The minimum absolute atomic E-state index is 0.0166. The minimum atomic E-state index is 0.0166. The number of aryl methyl sites for hydroxylation is 1. The lowest BCUT2D eigenvalue weighted by atomic mass is 9.78. The van der Waals surface area contributed by atoms with Gasteiger partial charge in [-0.25, -0.2) is 0 Å². The topological polar surface area (TPSA) is 9.23 Å². The molecule has 2 aromatic rings. The molecule has 1 fully saturated rings. The molecule has 0 radical (unpaired) electrons. The Morgan fingerprint density at radius 1 is 0.905 bits per heavy atom. The molecule has 1 aliphatic rings. The largest absolute Gasteiger partial charge is 0.493 e. The lowest BCUT2D eigenvalue weighted by Gasteiger charge is -2.26. The number of hydrogen-bond donors (Lipinski definition) is 0. The molecule has 0 spiro atoms. The van der Waals surface area contributed by atoms with Gasteiger partial charge in [-0.05, 0) is 48.9 Å². The van der Waals surface area contributed by atoms with Crippen molar-refractivity contribution in [2.24, 2.45) is 5.92 Å². The van der Waals surface area contributed by atoms with Crippen molar-refractivity contribution >= 4 is 0 Å². The summed E-state index contributed by atoms with van der Waals surface area (Å²) in [6.07, 6.45) is 2.66. The number of ether oxygens (including phenoxy) is 1. The summed E-state index contributed by atoms with van der Waals surface area (Å²) in [5.41, 5.74) is 3.99. The van der Waals surface area contributed by atoms with E-state index in [1.807, 2.05) is 0 Å². The maximum Gasteiger partial charge on any atom is 0.119 e. The Bertz CT molecular complexity index is 589. The highest BCUT2D eigenvalue weighted by Crippen LogP contribution is 2.33. The van der Waals surface area contributed by atoms with Gasteiger partial charge in [0, 0.05) is 5.41 Å². The summed E-state index contributed by atoms with van der Waals surface area (Å²) in [6.45, 7) is 7.55. The SMILES string of the molecule is Cc1ccc(C(C)(C)c2ccc(OCC3CC3)cc2)cc1. The van der Waals surface area contributed by atoms with E-state index in [9.17, 15) is 0 Å². The van der Waals surface area contributed by atoms with E-state index in [0.29, 0.717) is 0 Å². The van der Waals surface area contributed by atoms with Crippen LogP contribution in [0.3, 0.4) is 0 Å². The first-order chi connectivity index (χ1) is 10.1. The zero-order chi connectivity index (χ0) is 14.9. The van der Waals surface area contributed by atoms with Gasteiger partial charge in [0.25, 0.3) is 0 Å². The van der Waals surface area contributed by atoms with Crippen molar-refractivity contribution in [2.75, 3.05) is 6.61 Å². The molecule has 0 bridgehead atoms. The highest BCUT2D eigenvalue weighted by Gasteiger charge is 2.24. The maximum atomic E-state index is 5.82. The van der Waals surface area contributed by atoms with Crippen molar-refractivity contribution in [1.29, 1.82) is 0 Å². The Kier molecular flexibility index (Phi) is 3.75. The molecule has 0 aromatic heterocycles. The summed E-state index contributed by atoms with van der Waals surface area (Å²) in [6, 6.07) is 17.4. The summed E-state index contributed by atoms with van der Waals surface area (Å²) in [5, 5.41) is 0. The second-order valence-electron chi connectivity index (χ2n) is 6.77. The van der Waals surface area contributed by atoms with Crippen molar-refractivity contribution in [3.63, 3.8) is 0 Å². The zero-order valence-electron chi connectivity index (χ0n) is 13.2. The van der Waals surface area contributed by atoms with Crippen LogP contribution in [0.4, 0.5) is 0 Å². The molecule has 1 heteroatoms. The Morgan fingerprint density at radius 2 is 1.43 bits per heavy atom. The molecular weight excluding hydrogens is 256 g/mol. The highest BCUT2D eigenvalue weighted by atomic mass is 16.5. The molecule has 21 heavy (non-hydrogen) atoms. The molecule has 110 valence electrons. The average Bonchev–Trinajstić information content (AvgIpc) is 3.30. The van der Waals surface area contributed by atoms with E-state index < -0.39 is 0 Å². The highest BCUT2D eigenvalue weighted by molar-refractivity contribution is 5.40. The predicted octanol–water partition coefficient (Wildman–Crippen LogP) is 5.11. The number of hydrogen-bond acceptors (Lipinski definition) is 1. The van der Waals surface area contributed by atoms with Gasteiger partial charge in [-0.3, -0.25) is 0 Å². The van der Waals surface area contributed by atoms with Crippen LogP contribution in [-0.4, -0.2) is 6.61 Å². The van der Waals surface area contributed by atoms with Crippen molar-refractivity contribution in [3.8, 4) is 5.75 Å². The molecule has 0 amide bonds. The van der Waals surface area contributed by atoms with E-state index in [2.05, 4.69) is 69.3 Å². The third kappa shape index (κ3) is 3.29. The van der Waals surface area contributed by atoms with Crippen molar-refractivity contribution in [1.82, 2.24) is 0 Å². The number of rotatable bonds is 5. The number of benzene rings is 2. The van der Waals surface area contributed by atoms with Gasteiger partial charge in [0.05, 0.1) is 6.61 Å². The monoisotopic (exact) mass is 280 g/mol. The third-order valence-corrected chi connectivity index (χ3v) is 4.53. The molecule has 3 rings (SSSR count). The van der Waals surface area contributed by atoms with Crippen LogP contribution in [0.1, 0.15) is 43.4 Å². The molecule has 0 heterocycles. The summed E-state index contributed by atoms with van der Waals surface area (Å²) >= 11 is 0. The summed E-state index contributed by atoms with van der Waals surface area (Å²) in [7, 11) is 0. The Labute approximate surface area is 128 Å². The summed E-state index contributed by atoms with van der Waals surface area (Å²) < 4.78 is 5.82. The standard InChI is InChI=1S/C20H24O/c1-15-4-8-17(9-5-15)20(2,3)18-10-12-19(13-11-18)21-14-16-6-7-16/h4-5,8-13,16H,6-7,14H2,1-3H3. The fraction of sp³-hybridized carbons (Fsp3) is 0.400. The quantitative estimate of drug-likeness (QED) is 0.739. The van der Waals surface area contributed by atoms with E-state index in [1.54, 1.807) is 0 Å². The molecule has 0 atom stereocenters. The lowest BCUT2D eigenvalue weighted by molar-refractivity contribution is 0.299. The molecule has 0 saturated heterocycles. The fourth-order valence-electron chi connectivity index (χ4n) is 2.60. The molecular formula is C20H24O. The van der Waals surface area contributed by atoms with E-state index in [-0.39, 0.29) is 5.41 Å². The van der Waals surface area contributed by atoms with Crippen LogP contribution in [0.5, 0.6) is 5.75 Å². The van der Waals surface area contributed by atoms with Crippen molar-refractivity contribution in [2.45, 2.75) is 39.0 Å². The second kappa shape index (κ2) is 5.55. The molecule has 1 nitrogen and oxygen atoms in total. The maximum absolute atomic E-state index is 5.82. The van der Waals surface area contributed by atoms with Crippen LogP contribution >= 0.6 is 0 Å². The van der Waals surface area contributed by atoms with Gasteiger partial charge >= 0.3 is 0 Å². The van der Waals surface area contributed by atoms with Gasteiger partial charge < -0.3 is 4.74 Å². The smallest absolute Gasteiger partial charge is 0.119 e. The van der Waals surface area contributed by atoms with Crippen LogP contribution in [0, 0.1) is 12.8 Å². The molecule has 0 unspecified atom stereocenters. The van der Waals surface area contributed by atoms with Crippen LogP contribution in [0.2, 0.25) is 0 Å². The van der Waals surface area contributed by atoms with E-state index in [0.717, 1.165) is 18.3 Å². The van der Waals surface area contributed by atoms with E-state index in [4.69, 9.17) is 4.74 Å². The van der Waals surface area contributed by atoms with Crippen molar-refractivity contribution in [3.05, 3.63) is 65.2 Å². The predicted molar refractivity (Wildman–Crippen MR) is 88.0 cm³/mol. The van der Waals surface area contributed by atoms with Crippen molar-refractivity contribution < 1.29 is 4.74 Å². The molecule has 0 N–H and O–H groups in total. The Morgan fingerprint density at radius 3 is 1.95 bits per heavy atom. The average molecular weight is 280 g/mol. The summed E-state index contributed by atoms with van der Waals surface area (Å²) in [5.74, 6) is 1.79. The normalized spacial score (nSPS) is 15.0. The third-order valence-electron chi connectivity index (χ3n) is 4.53.